The van der Waals surface area contributed by atoms with E-state index >= 15 is 0 Å². The number of hydrogen-bond donors (Lipinski definition) is 4. The molecule has 0 saturated carbocycles. The van der Waals surface area contributed by atoms with Crippen LogP contribution in [0.2, 0.25) is 0 Å². The van der Waals surface area contributed by atoms with Crippen molar-refractivity contribution in [2.75, 3.05) is 17.2 Å². The van der Waals surface area contributed by atoms with Crippen molar-refractivity contribution >= 4 is 23.3 Å². The third-order valence-electron chi connectivity index (χ3n) is 3.96. The van der Waals surface area contributed by atoms with E-state index in [1.54, 1.807) is 11.8 Å². The predicted octanol–water partition coefficient (Wildman–Crippen LogP) is 0.403. The van der Waals surface area contributed by atoms with Crippen LogP contribution in [0.1, 0.15) is 25.1 Å². The first-order chi connectivity index (χ1) is 10.6. The molecule has 9 heteroatoms. The molecule has 0 amide bonds. The van der Waals surface area contributed by atoms with Crippen molar-refractivity contribution in [1.29, 1.82) is 0 Å². The predicted molar refractivity (Wildman–Crippen MR) is 84.0 cm³/mol. The van der Waals surface area contributed by atoms with Crippen LogP contribution in [0, 0.1) is 0 Å². The second-order valence-electron chi connectivity index (χ2n) is 5.51. The van der Waals surface area contributed by atoms with Crippen LogP contribution in [0.4, 0.5) is 11.5 Å². The summed E-state index contributed by atoms with van der Waals surface area (Å²) >= 11 is 1.76. The molecule has 0 aliphatic carbocycles. The molecular weight excluding hydrogens is 304 g/mol. The summed E-state index contributed by atoms with van der Waals surface area (Å²) in [6.07, 6.45) is 0.704. The molecule has 1 saturated heterocycles. The van der Waals surface area contributed by atoms with E-state index in [4.69, 9.17) is 5.73 Å². The summed E-state index contributed by atoms with van der Waals surface area (Å²) < 4.78 is 0. The van der Waals surface area contributed by atoms with Crippen LogP contribution in [0.25, 0.3) is 0 Å². The molecule has 0 aromatic carbocycles. The van der Waals surface area contributed by atoms with Gasteiger partial charge in [0.25, 0.3) is 0 Å². The molecule has 22 heavy (non-hydrogen) atoms. The van der Waals surface area contributed by atoms with Crippen molar-refractivity contribution in [3.05, 3.63) is 12.0 Å². The van der Waals surface area contributed by atoms with Crippen molar-refractivity contribution in [3.63, 3.8) is 0 Å². The first-order valence-corrected chi connectivity index (χ1v) is 8.50. The lowest BCUT2D eigenvalue weighted by Gasteiger charge is -2.19. The Labute approximate surface area is 132 Å². The number of nitrogen functional groups attached to an aromatic ring is 1. The van der Waals surface area contributed by atoms with Crippen LogP contribution in [0.3, 0.4) is 0 Å². The molecule has 0 radical (unpaired) electrons. The lowest BCUT2D eigenvalue weighted by Crippen LogP contribution is -2.38. The van der Waals surface area contributed by atoms with Crippen LogP contribution in [0.5, 0.6) is 0 Å². The second-order valence-corrected chi connectivity index (χ2v) is 6.66. The first-order valence-electron chi connectivity index (χ1n) is 7.34. The molecule has 5 atom stereocenters. The molecule has 2 aliphatic rings. The molecule has 8 nitrogen and oxygen atoms in total. The van der Waals surface area contributed by atoms with E-state index in [0.29, 0.717) is 11.4 Å². The van der Waals surface area contributed by atoms with Crippen LogP contribution in [0.15, 0.2) is 16.6 Å². The van der Waals surface area contributed by atoms with Crippen molar-refractivity contribution in [2.24, 2.45) is 10.2 Å². The number of aliphatic hydroxyl groups excluding tert-OH is 2. The van der Waals surface area contributed by atoms with Gasteiger partial charge in [0, 0.05) is 11.8 Å². The van der Waals surface area contributed by atoms with Crippen molar-refractivity contribution in [3.8, 4) is 0 Å². The highest BCUT2D eigenvalue weighted by Crippen LogP contribution is 2.41. The van der Waals surface area contributed by atoms with E-state index in [1.165, 1.54) is 6.33 Å². The number of rotatable bonds is 5. The van der Waals surface area contributed by atoms with E-state index in [-0.39, 0.29) is 11.9 Å². The van der Waals surface area contributed by atoms with Crippen molar-refractivity contribution in [1.82, 2.24) is 15.3 Å². The zero-order valence-electron chi connectivity index (χ0n) is 12.3. The van der Waals surface area contributed by atoms with Crippen molar-refractivity contribution < 1.29 is 10.2 Å². The Balaban J connectivity index is 1.74. The fourth-order valence-corrected chi connectivity index (χ4v) is 3.82. The molecule has 1 aromatic rings. The number of nitrogens with two attached hydrogens (primary N) is 1. The molecular formula is C13H20N6O2S. The maximum atomic E-state index is 10.3. The number of anilines is 1. The van der Waals surface area contributed by atoms with Gasteiger partial charge in [0.15, 0.2) is 11.5 Å². The van der Waals surface area contributed by atoms with Gasteiger partial charge in [-0.2, -0.15) is 16.9 Å². The monoisotopic (exact) mass is 324 g/mol. The Morgan fingerprint density at radius 3 is 2.91 bits per heavy atom. The summed E-state index contributed by atoms with van der Waals surface area (Å²) in [5, 5.41) is 32.0. The lowest BCUT2D eigenvalue weighted by atomic mass is 9.99. The SMILES string of the molecule is CCCSC[C@@H]1N[C@H](C2N=Nc3c(N)ncnc32)[C@@H](O)[C@H]1O. The fourth-order valence-electron chi connectivity index (χ4n) is 2.82. The van der Waals surface area contributed by atoms with Crippen molar-refractivity contribution in [2.45, 2.75) is 43.7 Å². The molecule has 3 heterocycles. The summed E-state index contributed by atoms with van der Waals surface area (Å²) in [7, 11) is 0. The number of aliphatic hydroxyl groups is 2. The first kappa shape index (κ1) is 15.6. The van der Waals surface area contributed by atoms with Gasteiger partial charge in [-0.05, 0) is 12.2 Å². The summed E-state index contributed by atoms with van der Waals surface area (Å²) in [4.78, 5) is 8.08. The Kier molecular flexibility index (Phi) is 4.57. The number of nitrogens with zero attached hydrogens (tertiary/aromatic N) is 4. The molecule has 1 aromatic heterocycles. The Hall–Kier alpha value is -1.29. The number of aromatic nitrogens is 2. The van der Waals surface area contributed by atoms with Gasteiger partial charge in [-0.25, -0.2) is 9.97 Å². The summed E-state index contributed by atoms with van der Waals surface area (Å²) in [5.41, 5.74) is 6.82. The van der Waals surface area contributed by atoms with Crippen LogP contribution in [-0.2, 0) is 0 Å². The molecule has 1 fully saturated rings. The summed E-state index contributed by atoms with van der Waals surface area (Å²) in [6.45, 7) is 2.11. The number of thioether (sulfide) groups is 1. The van der Waals surface area contributed by atoms with Gasteiger partial charge in [0.05, 0.1) is 18.2 Å². The van der Waals surface area contributed by atoms with Gasteiger partial charge in [-0.1, -0.05) is 6.92 Å². The Morgan fingerprint density at radius 2 is 2.14 bits per heavy atom. The molecule has 2 aliphatic heterocycles. The lowest BCUT2D eigenvalue weighted by molar-refractivity contribution is 0.0271. The number of azo groups is 1. The van der Waals surface area contributed by atoms with Gasteiger partial charge in [-0.15, -0.1) is 5.11 Å². The maximum absolute atomic E-state index is 10.3. The largest absolute Gasteiger partial charge is 0.389 e. The normalized spacial score (nSPS) is 33.3. The topological polar surface area (TPSA) is 129 Å². The highest BCUT2D eigenvalue weighted by atomic mass is 32.2. The molecule has 0 spiro atoms. The average Bonchev–Trinajstić information content (AvgIpc) is 3.05. The second kappa shape index (κ2) is 6.45. The summed E-state index contributed by atoms with van der Waals surface area (Å²) in [5.74, 6) is 2.05. The quantitative estimate of drug-likeness (QED) is 0.577. The van der Waals surface area contributed by atoms with Gasteiger partial charge in [-0.3, -0.25) is 0 Å². The smallest absolute Gasteiger partial charge is 0.155 e. The van der Waals surface area contributed by atoms with E-state index in [2.05, 4.69) is 32.4 Å². The van der Waals surface area contributed by atoms with Gasteiger partial charge in [0.2, 0.25) is 0 Å². The molecule has 1 unspecified atom stereocenters. The minimum atomic E-state index is -0.918. The maximum Gasteiger partial charge on any atom is 0.155 e. The minimum Gasteiger partial charge on any atom is -0.389 e. The van der Waals surface area contributed by atoms with E-state index in [9.17, 15) is 10.2 Å². The molecule has 5 N–H and O–H groups in total. The highest BCUT2D eigenvalue weighted by molar-refractivity contribution is 7.99. The average molecular weight is 324 g/mol. The van der Waals surface area contributed by atoms with Crippen LogP contribution >= 0.6 is 11.8 Å². The number of hydrogen-bond acceptors (Lipinski definition) is 9. The van der Waals surface area contributed by atoms with Gasteiger partial charge >= 0.3 is 0 Å². The minimum absolute atomic E-state index is 0.171. The van der Waals surface area contributed by atoms with Gasteiger partial charge < -0.3 is 21.3 Å². The zero-order chi connectivity index (χ0) is 15.7. The standard InChI is InChI=1S/C13H20N6O2S/c1-2-3-22-4-6-11(20)12(21)9(17-6)8-7-10(19-18-8)13(14)16-5-15-7/h5-6,8-9,11-12,17,20-21H,2-4H2,1H3,(H2,14,15,16)/t6-,8?,9+,11-,12+/m0/s1. The fraction of sp³-hybridized carbons (Fsp3) is 0.692. The van der Waals surface area contributed by atoms with E-state index < -0.39 is 24.3 Å². The van der Waals surface area contributed by atoms with E-state index in [0.717, 1.165) is 17.9 Å². The third-order valence-corrected chi connectivity index (χ3v) is 5.26. The van der Waals surface area contributed by atoms with E-state index in [1.807, 2.05) is 0 Å². The Morgan fingerprint density at radius 1 is 1.32 bits per heavy atom. The molecule has 120 valence electrons. The molecule has 3 rings (SSSR count). The molecule has 0 bridgehead atoms. The Bertz CT molecular complexity index is 571. The number of fused-ring (bicyclic) bond motifs is 1. The highest BCUT2D eigenvalue weighted by Gasteiger charge is 2.47. The van der Waals surface area contributed by atoms with Crippen LogP contribution < -0.4 is 11.1 Å². The zero-order valence-corrected chi connectivity index (χ0v) is 13.1. The van der Waals surface area contributed by atoms with Crippen LogP contribution in [-0.4, -0.2) is 56.0 Å². The summed E-state index contributed by atoms with van der Waals surface area (Å²) in [6, 6.07) is -1.05. The number of nitrogens with one attached hydrogen (secondary N) is 1. The third kappa shape index (κ3) is 2.69. The van der Waals surface area contributed by atoms with Gasteiger partial charge in [0.1, 0.15) is 18.1 Å².